The predicted octanol–water partition coefficient (Wildman–Crippen LogP) is 7.47. The van der Waals surface area contributed by atoms with E-state index in [1.807, 2.05) is 48.7 Å². The van der Waals surface area contributed by atoms with Gasteiger partial charge in [-0.15, -0.1) is 41.8 Å². The van der Waals surface area contributed by atoms with Gasteiger partial charge in [0.2, 0.25) is 0 Å². The fourth-order valence-electron chi connectivity index (χ4n) is 3.99. The Labute approximate surface area is 205 Å². The molecule has 2 aromatic carbocycles. The zero-order chi connectivity index (χ0) is 21.3. The van der Waals surface area contributed by atoms with Crippen LogP contribution in [0.25, 0.3) is 22.4 Å². The molecule has 0 bridgehead atoms. The summed E-state index contributed by atoms with van der Waals surface area (Å²) in [7, 11) is 0. The maximum Gasteiger partial charge on any atom is 0.0351 e. The smallest absolute Gasteiger partial charge is 0.0351 e. The van der Waals surface area contributed by atoms with Gasteiger partial charge >= 0.3 is 0 Å². The molecular formula is C29H28IrN2-2. The number of rotatable bonds is 3. The standard InChI is InChI=1S/C18H20N.C11H8N.Ir/c1-14-12-18(16-10-6-3-7-11-16)19-13-17(14)15-8-4-2-5-9-15;1-2-6-10(7-3-1)11-8-4-5-9-12-11;/h2,4-5,8-10,12-13,16H,3,6-7,11H2,1H3;1-6,8-9H;/q2*-1;. The average Bonchev–Trinajstić information content (AvgIpc) is 2.86. The molecule has 0 spiro atoms. The molecule has 0 aliphatic heterocycles. The van der Waals surface area contributed by atoms with Gasteiger partial charge in [0.15, 0.2) is 0 Å². The van der Waals surface area contributed by atoms with E-state index in [9.17, 15) is 0 Å². The zero-order valence-corrected chi connectivity index (χ0v) is 20.8. The Bertz CT molecular complexity index is 1020. The van der Waals surface area contributed by atoms with E-state index in [4.69, 9.17) is 4.98 Å². The molecule has 2 nitrogen and oxygen atoms in total. The van der Waals surface area contributed by atoms with Crippen LogP contribution in [-0.4, -0.2) is 9.97 Å². The molecule has 0 amide bonds. The summed E-state index contributed by atoms with van der Waals surface area (Å²) >= 11 is 0. The van der Waals surface area contributed by atoms with Crippen LogP contribution in [0.1, 0.15) is 42.9 Å². The SMILES string of the molecule is Cc1cc(C2[CH-]CCCC2)ncc1-c1ccccc1.[Ir].[c-]1ccccc1-c1ccccn1. The summed E-state index contributed by atoms with van der Waals surface area (Å²) in [5.41, 5.74) is 7.09. The Morgan fingerprint density at radius 1 is 0.906 bits per heavy atom. The molecule has 1 unspecified atom stereocenters. The number of hydrogen-bond donors (Lipinski definition) is 0. The summed E-state index contributed by atoms with van der Waals surface area (Å²) in [4.78, 5) is 8.93. The molecule has 1 saturated carbocycles. The summed E-state index contributed by atoms with van der Waals surface area (Å²) in [5, 5.41) is 0. The van der Waals surface area contributed by atoms with E-state index in [2.05, 4.69) is 60.8 Å². The van der Waals surface area contributed by atoms with Crippen molar-refractivity contribution in [3.63, 3.8) is 0 Å². The van der Waals surface area contributed by atoms with E-state index in [1.165, 1.54) is 48.1 Å². The van der Waals surface area contributed by atoms with Crippen molar-refractivity contribution in [1.82, 2.24) is 9.97 Å². The van der Waals surface area contributed by atoms with E-state index in [1.54, 1.807) is 6.20 Å². The maximum atomic E-state index is 4.71. The number of aryl methyl sites for hydroxylation is 1. The second kappa shape index (κ2) is 12.4. The molecule has 4 aromatic rings. The number of benzene rings is 2. The van der Waals surface area contributed by atoms with Crippen LogP contribution < -0.4 is 0 Å². The van der Waals surface area contributed by atoms with Crippen molar-refractivity contribution in [2.75, 3.05) is 0 Å². The Balaban J connectivity index is 0.000000193. The second-order valence-corrected chi connectivity index (χ2v) is 7.91. The predicted molar refractivity (Wildman–Crippen MR) is 128 cm³/mol. The number of pyridine rings is 2. The minimum atomic E-state index is 0. The van der Waals surface area contributed by atoms with Crippen LogP contribution in [0, 0.1) is 19.4 Å². The fraction of sp³-hybridized carbons (Fsp3) is 0.207. The number of hydrogen-bond acceptors (Lipinski definition) is 2. The zero-order valence-electron chi connectivity index (χ0n) is 18.4. The molecule has 1 atom stereocenters. The molecular weight excluding hydrogens is 569 g/mol. The van der Waals surface area contributed by atoms with Gasteiger partial charge in [-0.2, -0.15) is 6.42 Å². The average molecular weight is 597 g/mol. The van der Waals surface area contributed by atoms with Gasteiger partial charge in [-0.1, -0.05) is 61.7 Å². The summed E-state index contributed by atoms with van der Waals surface area (Å²) in [6.07, 6.45) is 11.5. The molecule has 1 aliphatic rings. The third-order valence-electron chi connectivity index (χ3n) is 5.67. The van der Waals surface area contributed by atoms with Crippen molar-refractivity contribution >= 4 is 0 Å². The van der Waals surface area contributed by atoms with Crippen LogP contribution in [-0.2, 0) is 20.1 Å². The molecule has 1 radical (unpaired) electrons. The Hall–Kier alpha value is -2.61. The number of nitrogens with zero attached hydrogens (tertiary/aromatic N) is 2. The molecule has 1 fully saturated rings. The van der Waals surface area contributed by atoms with Gasteiger partial charge in [0.05, 0.1) is 0 Å². The van der Waals surface area contributed by atoms with E-state index < -0.39 is 0 Å². The first-order chi connectivity index (χ1) is 15.3. The first-order valence-corrected chi connectivity index (χ1v) is 11.0. The quantitative estimate of drug-likeness (QED) is 0.230. The van der Waals surface area contributed by atoms with E-state index in [0.29, 0.717) is 5.92 Å². The summed E-state index contributed by atoms with van der Waals surface area (Å²) in [6.45, 7) is 2.19. The van der Waals surface area contributed by atoms with Crippen LogP contribution in [0.2, 0.25) is 0 Å². The molecule has 3 heteroatoms. The van der Waals surface area contributed by atoms with Crippen molar-refractivity contribution in [3.8, 4) is 22.4 Å². The van der Waals surface area contributed by atoms with Crippen molar-refractivity contribution in [1.29, 1.82) is 0 Å². The molecule has 0 saturated heterocycles. The van der Waals surface area contributed by atoms with Gasteiger partial charge in [-0.05, 0) is 35.9 Å². The van der Waals surface area contributed by atoms with Crippen LogP contribution >= 0.6 is 0 Å². The monoisotopic (exact) mass is 597 g/mol. The number of aromatic nitrogens is 2. The van der Waals surface area contributed by atoms with Gasteiger partial charge in [0.25, 0.3) is 0 Å². The molecule has 5 rings (SSSR count). The van der Waals surface area contributed by atoms with E-state index in [0.717, 1.165) is 11.3 Å². The van der Waals surface area contributed by atoms with Crippen molar-refractivity contribution in [2.45, 2.75) is 38.5 Å². The maximum absolute atomic E-state index is 4.71. The van der Waals surface area contributed by atoms with E-state index in [-0.39, 0.29) is 20.1 Å². The van der Waals surface area contributed by atoms with Crippen LogP contribution in [0.15, 0.2) is 91.3 Å². The Morgan fingerprint density at radius 2 is 1.72 bits per heavy atom. The summed E-state index contributed by atoms with van der Waals surface area (Å²) in [6, 6.07) is 29.6. The molecule has 0 N–H and O–H groups in total. The topological polar surface area (TPSA) is 25.8 Å². The molecule has 32 heavy (non-hydrogen) atoms. The van der Waals surface area contributed by atoms with Crippen molar-refractivity contribution < 1.29 is 20.1 Å². The summed E-state index contributed by atoms with van der Waals surface area (Å²) < 4.78 is 0. The van der Waals surface area contributed by atoms with Crippen LogP contribution in [0.4, 0.5) is 0 Å². The Morgan fingerprint density at radius 3 is 2.38 bits per heavy atom. The molecule has 2 aromatic heterocycles. The minimum absolute atomic E-state index is 0. The van der Waals surface area contributed by atoms with Gasteiger partial charge in [-0.3, -0.25) is 4.98 Å². The van der Waals surface area contributed by atoms with Crippen LogP contribution in [0.3, 0.4) is 0 Å². The molecule has 1 aliphatic carbocycles. The largest absolute Gasteiger partial charge is 0.320 e. The van der Waals surface area contributed by atoms with Gasteiger partial charge in [-0.25, -0.2) is 0 Å². The fourth-order valence-corrected chi connectivity index (χ4v) is 3.99. The van der Waals surface area contributed by atoms with Crippen molar-refractivity contribution in [3.05, 3.63) is 115 Å². The first kappa shape index (κ1) is 24.0. The third kappa shape index (κ3) is 6.45. The normalized spacial score (nSPS) is 15.1. The molecule has 165 valence electrons. The van der Waals surface area contributed by atoms with Crippen molar-refractivity contribution in [2.24, 2.45) is 0 Å². The minimum Gasteiger partial charge on any atom is -0.320 e. The van der Waals surface area contributed by atoms with E-state index >= 15 is 0 Å². The first-order valence-electron chi connectivity index (χ1n) is 11.0. The summed E-state index contributed by atoms with van der Waals surface area (Å²) in [5.74, 6) is 0.567. The molecule has 2 heterocycles. The van der Waals surface area contributed by atoms with Gasteiger partial charge in [0.1, 0.15) is 0 Å². The van der Waals surface area contributed by atoms with Gasteiger partial charge in [0, 0.05) is 43.8 Å². The third-order valence-corrected chi connectivity index (χ3v) is 5.67. The second-order valence-electron chi connectivity index (χ2n) is 7.91. The Kier molecular flexibility index (Phi) is 9.34. The van der Waals surface area contributed by atoms with Gasteiger partial charge < -0.3 is 11.4 Å². The van der Waals surface area contributed by atoms with Crippen LogP contribution in [0.5, 0.6) is 0 Å².